The van der Waals surface area contributed by atoms with E-state index in [-0.39, 0.29) is 29.0 Å². The van der Waals surface area contributed by atoms with Crippen molar-refractivity contribution in [3.8, 4) is 6.01 Å². The standard InChI is InChI=1S/C34H50N8O7/c1-5-6-16-46-30-37-28(35)27-29(38-30)42(31(44)36-27)20-25-13-11-24(12-14-25)19-40-21-34(22-40)23-41(15-18-47-34)26(43)10-8-7-9-17-48-39-32(45)49-33(2,3)4/h11-14H,5-10,15-23H2,1-4H3,(H,36,44)(H,39,45)(H2,35,37,38). The molecule has 4 N–H and O–H groups in total. The summed E-state index contributed by atoms with van der Waals surface area (Å²) in [5, 5.41) is 0. The van der Waals surface area contributed by atoms with Crippen molar-refractivity contribution in [2.75, 3.05) is 51.7 Å². The number of rotatable bonds is 15. The number of hydrogen-bond donors (Lipinski definition) is 3. The summed E-state index contributed by atoms with van der Waals surface area (Å²) in [6, 6.07) is 8.33. The van der Waals surface area contributed by atoms with Crippen molar-refractivity contribution in [3.05, 3.63) is 45.9 Å². The van der Waals surface area contributed by atoms with Gasteiger partial charge in [0.2, 0.25) is 5.91 Å². The molecular formula is C34H50N8O7. The van der Waals surface area contributed by atoms with Crippen LogP contribution in [0.5, 0.6) is 6.01 Å². The summed E-state index contributed by atoms with van der Waals surface area (Å²) in [4.78, 5) is 58.1. The Labute approximate surface area is 286 Å². The van der Waals surface area contributed by atoms with Crippen LogP contribution in [0, 0.1) is 0 Å². The molecule has 268 valence electrons. The highest BCUT2D eigenvalue weighted by Gasteiger charge is 2.47. The summed E-state index contributed by atoms with van der Waals surface area (Å²) in [7, 11) is 0. The fourth-order valence-corrected chi connectivity index (χ4v) is 6.06. The Morgan fingerprint density at radius 1 is 1.02 bits per heavy atom. The molecule has 2 amide bonds. The van der Waals surface area contributed by atoms with Crippen molar-refractivity contribution in [2.24, 2.45) is 0 Å². The van der Waals surface area contributed by atoms with Gasteiger partial charge in [0.25, 0.3) is 0 Å². The Bertz CT molecular complexity index is 1630. The first kappa shape index (κ1) is 36.1. The van der Waals surface area contributed by atoms with Crippen LogP contribution in [-0.2, 0) is 32.2 Å². The molecule has 49 heavy (non-hydrogen) atoms. The Balaban J connectivity index is 1.04. The van der Waals surface area contributed by atoms with Crippen molar-refractivity contribution in [3.63, 3.8) is 0 Å². The third kappa shape index (κ3) is 9.92. The number of H-pyrrole nitrogens is 1. The maximum atomic E-state index is 12.9. The van der Waals surface area contributed by atoms with Gasteiger partial charge < -0.3 is 29.8 Å². The molecule has 0 radical (unpaired) electrons. The summed E-state index contributed by atoms with van der Waals surface area (Å²) < 4.78 is 18.5. The second-order valence-corrected chi connectivity index (χ2v) is 13.9. The van der Waals surface area contributed by atoms with E-state index in [4.69, 9.17) is 24.8 Å². The van der Waals surface area contributed by atoms with Gasteiger partial charge in [-0.25, -0.2) is 9.59 Å². The van der Waals surface area contributed by atoms with Gasteiger partial charge in [0.05, 0.1) is 32.9 Å². The SMILES string of the molecule is CCCCOc1nc(N)c2[nH]c(=O)n(Cc3ccc(CN4CC5(C4)CN(C(=O)CCCCCONC(=O)OC(C)(C)C)CCO5)cc3)c2n1. The first-order valence-corrected chi connectivity index (χ1v) is 17.2. The maximum absolute atomic E-state index is 12.9. The van der Waals surface area contributed by atoms with E-state index in [9.17, 15) is 14.4 Å². The minimum absolute atomic E-state index is 0.146. The van der Waals surface area contributed by atoms with Gasteiger partial charge in [-0.15, -0.1) is 0 Å². The molecule has 0 atom stereocenters. The van der Waals surface area contributed by atoms with E-state index >= 15 is 0 Å². The number of hydroxylamine groups is 1. The number of nitrogens with one attached hydrogen (secondary N) is 2. The summed E-state index contributed by atoms with van der Waals surface area (Å²) in [5.41, 5.74) is 10.1. The van der Waals surface area contributed by atoms with Crippen molar-refractivity contribution in [1.82, 2.24) is 34.8 Å². The molecule has 2 aliphatic heterocycles. The van der Waals surface area contributed by atoms with Gasteiger partial charge in [0.1, 0.15) is 16.7 Å². The van der Waals surface area contributed by atoms with E-state index in [0.717, 1.165) is 62.9 Å². The first-order chi connectivity index (χ1) is 23.4. The molecule has 15 heteroatoms. The highest BCUT2D eigenvalue weighted by molar-refractivity contribution is 5.82. The van der Waals surface area contributed by atoms with Crippen molar-refractivity contribution >= 4 is 29.0 Å². The number of nitrogens with zero attached hydrogens (tertiary/aromatic N) is 5. The number of aromatic nitrogens is 4. The van der Waals surface area contributed by atoms with Gasteiger partial charge in [-0.1, -0.05) is 44.0 Å². The Morgan fingerprint density at radius 3 is 2.47 bits per heavy atom. The topological polar surface area (TPSA) is 179 Å². The number of unbranched alkanes of at least 4 members (excludes halogenated alkanes) is 3. The summed E-state index contributed by atoms with van der Waals surface area (Å²) in [6.07, 6.45) is 4.02. The number of likely N-dealkylation sites (tertiary alicyclic amines) is 1. The quantitative estimate of drug-likeness (QED) is 0.158. The highest BCUT2D eigenvalue weighted by atomic mass is 16.7. The number of benzene rings is 1. The molecule has 2 aliphatic rings. The van der Waals surface area contributed by atoms with E-state index in [1.54, 1.807) is 25.3 Å². The molecule has 2 saturated heterocycles. The third-order valence-electron chi connectivity index (χ3n) is 8.45. The summed E-state index contributed by atoms with van der Waals surface area (Å²) in [5.74, 6) is 0.325. The number of imidazole rings is 1. The van der Waals surface area contributed by atoms with Gasteiger partial charge >= 0.3 is 17.8 Å². The van der Waals surface area contributed by atoms with Crippen LogP contribution in [0.4, 0.5) is 10.6 Å². The summed E-state index contributed by atoms with van der Waals surface area (Å²) >= 11 is 0. The molecule has 15 nitrogen and oxygen atoms in total. The minimum Gasteiger partial charge on any atom is -0.463 e. The largest absolute Gasteiger partial charge is 0.463 e. The lowest BCUT2D eigenvalue weighted by Gasteiger charge is -2.54. The normalized spacial score (nSPS) is 16.1. The smallest absolute Gasteiger partial charge is 0.431 e. The summed E-state index contributed by atoms with van der Waals surface area (Å²) in [6.45, 7) is 12.6. The van der Waals surface area contributed by atoms with Crippen LogP contribution < -0.4 is 21.6 Å². The molecule has 5 rings (SSSR count). The molecule has 0 bridgehead atoms. The van der Waals surface area contributed by atoms with Crippen LogP contribution in [0.2, 0.25) is 0 Å². The number of aromatic amines is 1. The molecular weight excluding hydrogens is 632 g/mol. The number of amides is 2. The van der Waals surface area contributed by atoms with Gasteiger partial charge in [0.15, 0.2) is 11.5 Å². The van der Waals surface area contributed by atoms with Gasteiger partial charge in [0, 0.05) is 32.6 Å². The Hall–Kier alpha value is -4.21. The van der Waals surface area contributed by atoms with E-state index in [1.165, 1.54) is 0 Å². The predicted molar refractivity (Wildman–Crippen MR) is 183 cm³/mol. The number of ether oxygens (including phenoxy) is 3. The number of carbonyl (C=O) groups excluding carboxylic acids is 2. The van der Waals surface area contributed by atoms with E-state index < -0.39 is 11.7 Å². The van der Waals surface area contributed by atoms with Crippen LogP contribution in [-0.4, -0.2) is 98.5 Å². The molecule has 4 heterocycles. The fourth-order valence-electron chi connectivity index (χ4n) is 6.06. The van der Waals surface area contributed by atoms with Gasteiger partial charge in [-0.2, -0.15) is 15.4 Å². The second-order valence-electron chi connectivity index (χ2n) is 13.9. The zero-order chi connectivity index (χ0) is 35.0. The van der Waals surface area contributed by atoms with Crippen LogP contribution in [0.25, 0.3) is 11.2 Å². The second kappa shape index (κ2) is 16.0. The van der Waals surface area contributed by atoms with Crippen LogP contribution in [0.15, 0.2) is 29.1 Å². The van der Waals surface area contributed by atoms with Crippen molar-refractivity contribution < 1.29 is 28.6 Å². The van der Waals surface area contributed by atoms with Crippen molar-refractivity contribution in [2.45, 2.75) is 90.5 Å². The Morgan fingerprint density at radius 2 is 1.76 bits per heavy atom. The van der Waals surface area contributed by atoms with Crippen LogP contribution in [0.1, 0.15) is 77.3 Å². The van der Waals surface area contributed by atoms with E-state index in [1.807, 2.05) is 17.0 Å². The zero-order valence-corrected chi connectivity index (χ0v) is 29.1. The molecule has 2 aromatic heterocycles. The van der Waals surface area contributed by atoms with Gasteiger partial charge in [-0.3, -0.25) is 19.1 Å². The highest BCUT2D eigenvalue weighted by Crippen LogP contribution is 2.31. The maximum Gasteiger partial charge on any atom is 0.431 e. The number of carbonyl (C=O) groups is 2. The average molecular weight is 683 g/mol. The molecule has 1 spiro atoms. The lowest BCUT2D eigenvalue weighted by molar-refractivity contribution is -0.190. The van der Waals surface area contributed by atoms with Crippen LogP contribution in [0.3, 0.4) is 0 Å². The number of morpholine rings is 1. The molecule has 0 saturated carbocycles. The monoisotopic (exact) mass is 682 g/mol. The average Bonchev–Trinajstić information content (AvgIpc) is 3.35. The number of nitrogen functional groups attached to an aromatic ring is 1. The lowest BCUT2D eigenvalue weighted by atomic mass is 9.91. The number of hydrogen-bond acceptors (Lipinski definition) is 11. The molecule has 2 fully saturated rings. The van der Waals surface area contributed by atoms with Crippen molar-refractivity contribution in [1.29, 1.82) is 0 Å². The van der Waals surface area contributed by atoms with E-state index in [2.05, 4.69) is 44.4 Å². The third-order valence-corrected chi connectivity index (χ3v) is 8.45. The lowest BCUT2D eigenvalue weighted by Crippen LogP contribution is -2.70. The minimum atomic E-state index is -0.613. The number of fused-ring (bicyclic) bond motifs is 1. The number of anilines is 1. The number of nitrogens with two attached hydrogens (primary N) is 1. The van der Waals surface area contributed by atoms with Gasteiger partial charge in [-0.05, 0) is 51.2 Å². The molecule has 0 aliphatic carbocycles. The fraction of sp³-hybridized carbons (Fsp3) is 0.618. The molecule has 0 unspecified atom stereocenters. The molecule has 3 aromatic rings. The predicted octanol–water partition coefficient (Wildman–Crippen LogP) is 3.36. The van der Waals surface area contributed by atoms with Crippen LogP contribution >= 0.6 is 0 Å². The molecule has 1 aromatic carbocycles. The Kier molecular flexibility index (Phi) is 11.8. The first-order valence-electron chi connectivity index (χ1n) is 17.2. The van der Waals surface area contributed by atoms with E-state index in [0.29, 0.717) is 57.0 Å². The zero-order valence-electron chi connectivity index (χ0n) is 29.1.